The lowest BCUT2D eigenvalue weighted by Crippen LogP contribution is -2.00. The zero-order valence-electron chi connectivity index (χ0n) is 27.4. The smallest absolute Gasteiger partial charge is 0.180 e. The van der Waals surface area contributed by atoms with Gasteiger partial charge in [-0.15, -0.1) is 0 Å². The van der Waals surface area contributed by atoms with Gasteiger partial charge in [-0.25, -0.2) is 9.97 Å². The van der Waals surface area contributed by atoms with Crippen molar-refractivity contribution >= 4 is 65.7 Å². The molecule has 4 heterocycles. The summed E-state index contributed by atoms with van der Waals surface area (Å²) in [7, 11) is 0. The van der Waals surface area contributed by atoms with Crippen LogP contribution in [0.1, 0.15) is 0 Å². The van der Waals surface area contributed by atoms with Gasteiger partial charge in [0.05, 0.1) is 27.8 Å². The SMILES string of the molecule is c1ccc(-c2nc(-c3ccccc3-n3c4ccccc4c4c5c6ccccc6n(-c6ccccc6)c5ccc43)c3oc4ccccc4c3n2)cc1. The van der Waals surface area contributed by atoms with Crippen LogP contribution in [-0.4, -0.2) is 19.1 Å². The number of para-hydroxylation sites is 5. The van der Waals surface area contributed by atoms with E-state index in [1.165, 1.54) is 32.6 Å². The predicted octanol–water partition coefficient (Wildman–Crippen LogP) is 11.9. The van der Waals surface area contributed by atoms with E-state index in [0.717, 1.165) is 55.7 Å². The number of hydrogen-bond acceptors (Lipinski definition) is 3. The van der Waals surface area contributed by atoms with E-state index in [0.29, 0.717) is 11.4 Å². The molecular formula is C46H28N4O. The van der Waals surface area contributed by atoms with Gasteiger partial charge in [0.1, 0.15) is 16.8 Å². The molecule has 0 amide bonds. The van der Waals surface area contributed by atoms with Crippen LogP contribution in [0.25, 0.3) is 99.7 Å². The first kappa shape index (κ1) is 27.9. The van der Waals surface area contributed by atoms with Gasteiger partial charge in [-0.3, -0.25) is 0 Å². The largest absolute Gasteiger partial charge is 0.452 e. The highest BCUT2D eigenvalue weighted by Gasteiger charge is 2.24. The summed E-state index contributed by atoms with van der Waals surface area (Å²) >= 11 is 0. The van der Waals surface area contributed by atoms with Crippen molar-refractivity contribution in [3.05, 3.63) is 170 Å². The Bertz CT molecular complexity index is 3130. The molecule has 0 radical (unpaired) electrons. The van der Waals surface area contributed by atoms with E-state index in [1.807, 2.05) is 36.4 Å². The molecule has 0 fully saturated rings. The normalized spacial score (nSPS) is 11.9. The van der Waals surface area contributed by atoms with Crippen LogP contribution in [0.2, 0.25) is 0 Å². The van der Waals surface area contributed by atoms with Crippen molar-refractivity contribution in [2.45, 2.75) is 0 Å². The summed E-state index contributed by atoms with van der Waals surface area (Å²) in [4.78, 5) is 10.4. The Balaban J connectivity index is 1.26. The van der Waals surface area contributed by atoms with Crippen LogP contribution in [0.5, 0.6) is 0 Å². The molecule has 5 heteroatoms. The van der Waals surface area contributed by atoms with Crippen LogP contribution in [0, 0.1) is 0 Å². The molecule has 0 aliphatic rings. The molecule has 0 unspecified atom stereocenters. The summed E-state index contributed by atoms with van der Waals surface area (Å²) in [5.74, 6) is 0.664. The minimum Gasteiger partial charge on any atom is -0.452 e. The molecule has 238 valence electrons. The molecule has 51 heavy (non-hydrogen) atoms. The lowest BCUT2D eigenvalue weighted by atomic mass is 10.1. The quantitative estimate of drug-likeness (QED) is 0.190. The second-order valence-electron chi connectivity index (χ2n) is 12.9. The first-order chi connectivity index (χ1) is 25.3. The average molecular weight is 653 g/mol. The summed E-state index contributed by atoms with van der Waals surface area (Å²) in [5, 5.41) is 5.87. The summed E-state index contributed by atoms with van der Waals surface area (Å²) in [6.07, 6.45) is 0. The highest BCUT2D eigenvalue weighted by atomic mass is 16.3. The Kier molecular flexibility index (Phi) is 5.89. The molecule has 0 saturated carbocycles. The minimum absolute atomic E-state index is 0.664. The van der Waals surface area contributed by atoms with Crippen molar-refractivity contribution in [2.75, 3.05) is 0 Å². The van der Waals surface area contributed by atoms with E-state index in [-0.39, 0.29) is 0 Å². The van der Waals surface area contributed by atoms with E-state index in [9.17, 15) is 0 Å². The lowest BCUT2D eigenvalue weighted by Gasteiger charge is -2.14. The van der Waals surface area contributed by atoms with Gasteiger partial charge in [0.25, 0.3) is 0 Å². The van der Waals surface area contributed by atoms with Gasteiger partial charge in [0, 0.05) is 43.7 Å². The van der Waals surface area contributed by atoms with Crippen LogP contribution >= 0.6 is 0 Å². The standard InChI is InChI=1S/C46H28N4O/c1-3-15-29(16-4-1)46-47-43(45-44(48-46)34-22-10-14-26-40(34)51-45)33-21-9-13-25-37(33)50-36-24-12-8-20-32(36)42-39(50)28-27-38-41(42)31-19-7-11-23-35(31)49(38)30-17-5-2-6-18-30/h1-28H. The number of benzene rings is 7. The van der Waals surface area contributed by atoms with Crippen molar-refractivity contribution in [1.82, 2.24) is 19.1 Å². The van der Waals surface area contributed by atoms with Crippen LogP contribution in [0.4, 0.5) is 0 Å². The lowest BCUT2D eigenvalue weighted by molar-refractivity contribution is 0.667. The van der Waals surface area contributed by atoms with Gasteiger partial charge in [0.15, 0.2) is 11.4 Å². The number of fused-ring (bicyclic) bond motifs is 10. The number of hydrogen-bond donors (Lipinski definition) is 0. The first-order valence-electron chi connectivity index (χ1n) is 17.2. The van der Waals surface area contributed by atoms with Crippen molar-refractivity contribution in [3.8, 4) is 34.0 Å². The van der Waals surface area contributed by atoms with Crippen LogP contribution < -0.4 is 0 Å². The molecule has 4 aromatic heterocycles. The van der Waals surface area contributed by atoms with Gasteiger partial charge in [-0.2, -0.15) is 0 Å². The second-order valence-corrected chi connectivity index (χ2v) is 12.9. The van der Waals surface area contributed by atoms with Crippen molar-refractivity contribution in [1.29, 1.82) is 0 Å². The number of aromatic nitrogens is 4. The molecule has 0 atom stereocenters. The van der Waals surface area contributed by atoms with Crippen molar-refractivity contribution in [3.63, 3.8) is 0 Å². The molecule has 0 saturated heterocycles. The van der Waals surface area contributed by atoms with Gasteiger partial charge in [0.2, 0.25) is 0 Å². The molecule has 0 bridgehead atoms. The van der Waals surface area contributed by atoms with Gasteiger partial charge >= 0.3 is 0 Å². The van der Waals surface area contributed by atoms with E-state index in [4.69, 9.17) is 14.4 Å². The Labute approximate surface area is 292 Å². The highest BCUT2D eigenvalue weighted by molar-refractivity contribution is 6.29. The van der Waals surface area contributed by atoms with Crippen molar-refractivity contribution < 1.29 is 4.42 Å². The fourth-order valence-corrected chi connectivity index (χ4v) is 7.99. The average Bonchev–Trinajstić information content (AvgIpc) is 3.86. The summed E-state index contributed by atoms with van der Waals surface area (Å²) in [5.41, 5.74) is 11.8. The summed E-state index contributed by atoms with van der Waals surface area (Å²) in [6, 6.07) is 59.5. The zero-order valence-corrected chi connectivity index (χ0v) is 27.4. The number of rotatable bonds is 4. The number of furan rings is 1. The van der Waals surface area contributed by atoms with E-state index < -0.39 is 0 Å². The maximum atomic E-state index is 6.59. The maximum absolute atomic E-state index is 6.59. The molecule has 11 rings (SSSR count). The zero-order chi connectivity index (χ0) is 33.5. The third-order valence-electron chi connectivity index (χ3n) is 10.1. The van der Waals surface area contributed by atoms with Crippen LogP contribution in [-0.2, 0) is 0 Å². The maximum Gasteiger partial charge on any atom is 0.180 e. The van der Waals surface area contributed by atoms with Crippen molar-refractivity contribution in [2.24, 2.45) is 0 Å². The molecule has 7 aromatic carbocycles. The Hall–Kier alpha value is -6.98. The monoisotopic (exact) mass is 652 g/mol. The summed E-state index contributed by atoms with van der Waals surface area (Å²) in [6.45, 7) is 0. The topological polar surface area (TPSA) is 48.8 Å². The molecular weight excluding hydrogens is 625 g/mol. The van der Waals surface area contributed by atoms with E-state index in [2.05, 4.69) is 143 Å². The molecule has 11 aromatic rings. The Morgan fingerprint density at radius 2 is 1.00 bits per heavy atom. The Morgan fingerprint density at radius 1 is 0.431 bits per heavy atom. The van der Waals surface area contributed by atoms with E-state index >= 15 is 0 Å². The van der Waals surface area contributed by atoms with Gasteiger partial charge in [-0.05, 0) is 54.6 Å². The third kappa shape index (κ3) is 4.03. The molecule has 5 nitrogen and oxygen atoms in total. The minimum atomic E-state index is 0.664. The fourth-order valence-electron chi connectivity index (χ4n) is 7.99. The number of nitrogens with zero attached hydrogens (tertiary/aromatic N) is 4. The predicted molar refractivity (Wildman–Crippen MR) is 209 cm³/mol. The molecule has 0 aliphatic heterocycles. The summed E-state index contributed by atoms with van der Waals surface area (Å²) < 4.78 is 11.4. The highest BCUT2D eigenvalue weighted by Crippen LogP contribution is 2.44. The van der Waals surface area contributed by atoms with Crippen LogP contribution in [0.3, 0.4) is 0 Å². The fraction of sp³-hybridized carbons (Fsp3) is 0. The molecule has 0 N–H and O–H groups in total. The molecule has 0 spiro atoms. The van der Waals surface area contributed by atoms with Crippen LogP contribution in [0.15, 0.2) is 174 Å². The van der Waals surface area contributed by atoms with Gasteiger partial charge in [-0.1, -0.05) is 115 Å². The molecule has 0 aliphatic carbocycles. The van der Waals surface area contributed by atoms with Gasteiger partial charge < -0.3 is 13.6 Å². The van der Waals surface area contributed by atoms with E-state index in [1.54, 1.807) is 0 Å². The second kappa shape index (κ2) is 10.8. The third-order valence-corrected chi connectivity index (χ3v) is 10.1. The Morgan fingerprint density at radius 3 is 1.75 bits per heavy atom. The first-order valence-corrected chi connectivity index (χ1v) is 17.2.